The van der Waals surface area contributed by atoms with Crippen LogP contribution in [0.4, 0.5) is 0 Å². The first kappa shape index (κ1) is 15.5. The molecule has 0 bridgehead atoms. The molecule has 1 aliphatic carbocycles. The number of hydrogen-bond donors (Lipinski definition) is 0. The average molecular weight is 276 g/mol. The van der Waals surface area contributed by atoms with Crippen LogP contribution in [-0.4, -0.2) is 44.0 Å². The summed E-state index contributed by atoms with van der Waals surface area (Å²) < 4.78 is 15.0. The Morgan fingerprint density at radius 2 is 1.89 bits per heavy atom. The number of carbonyl (C=O) groups is 2. The van der Waals surface area contributed by atoms with Crippen LogP contribution in [0.2, 0.25) is 0 Å². The first-order valence-electron chi connectivity index (χ1n) is 5.99. The third kappa shape index (κ3) is 3.96. The fourth-order valence-corrected chi connectivity index (χ4v) is 2.97. The van der Waals surface area contributed by atoms with Gasteiger partial charge in [0.25, 0.3) is 0 Å². The minimum atomic E-state index is -0.386. The van der Waals surface area contributed by atoms with Crippen molar-refractivity contribution >= 4 is 22.8 Å². The third-order valence-electron chi connectivity index (χ3n) is 3.03. The molecule has 0 amide bonds. The number of thioether (sulfide) groups is 1. The Hall–Kier alpha value is -0.590. The first-order chi connectivity index (χ1) is 8.63. The molecule has 0 heterocycles. The van der Waals surface area contributed by atoms with Crippen LogP contribution >= 0.6 is 11.8 Å². The second-order valence-corrected chi connectivity index (χ2v) is 5.42. The van der Waals surface area contributed by atoms with E-state index in [1.807, 2.05) is 6.92 Å². The maximum atomic E-state index is 12.0. The van der Waals surface area contributed by atoms with Crippen LogP contribution in [0, 0.1) is 11.8 Å². The Morgan fingerprint density at radius 1 is 1.22 bits per heavy atom. The Kier molecular flexibility index (Phi) is 6.67. The smallest absolute Gasteiger partial charge is 0.309 e. The van der Waals surface area contributed by atoms with Crippen molar-refractivity contribution in [2.75, 3.05) is 26.8 Å². The number of hydrogen-bond acceptors (Lipinski definition) is 6. The zero-order valence-electron chi connectivity index (χ0n) is 11.0. The van der Waals surface area contributed by atoms with E-state index in [9.17, 15) is 9.59 Å². The fourth-order valence-electron chi connectivity index (χ4n) is 2.21. The van der Waals surface area contributed by atoms with Crippen LogP contribution in [0.1, 0.15) is 19.8 Å². The molecule has 0 spiro atoms. The Labute approximate surface area is 112 Å². The van der Waals surface area contributed by atoms with Gasteiger partial charge in [-0.1, -0.05) is 18.7 Å². The molecular weight excluding hydrogens is 256 g/mol. The van der Waals surface area contributed by atoms with Gasteiger partial charge in [-0.25, -0.2) is 0 Å². The summed E-state index contributed by atoms with van der Waals surface area (Å²) >= 11 is 1.25. The van der Waals surface area contributed by atoms with E-state index in [-0.39, 0.29) is 35.8 Å². The van der Waals surface area contributed by atoms with Crippen molar-refractivity contribution in [3.8, 4) is 0 Å². The van der Waals surface area contributed by atoms with E-state index in [1.54, 1.807) is 7.11 Å². The van der Waals surface area contributed by atoms with E-state index in [0.717, 1.165) is 0 Å². The molecule has 1 aliphatic rings. The topological polar surface area (TPSA) is 61.8 Å². The predicted octanol–water partition coefficient (Wildman–Crippen LogP) is 1.45. The summed E-state index contributed by atoms with van der Waals surface area (Å²) in [7, 11) is 2.89. The average Bonchev–Trinajstić information content (AvgIpc) is 2.80. The lowest BCUT2D eigenvalue weighted by atomic mass is 9.98. The summed E-state index contributed by atoms with van der Waals surface area (Å²) in [4.78, 5) is 23.6. The molecule has 0 unspecified atom stereocenters. The summed E-state index contributed by atoms with van der Waals surface area (Å²) in [5.74, 6) is -0.298. The van der Waals surface area contributed by atoms with Gasteiger partial charge in [-0.15, -0.1) is 0 Å². The normalized spacial score (nSPS) is 27.2. The molecule has 104 valence electrons. The Morgan fingerprint density at radius 3 is 2.44 bits per heavy atom. The van der Waals surface area contributed by atoms with Crippen molar-refractivity contribution in [2.45, 2.75) is 25.9 Å². The highest BCUT2D eigenvalue weighted by atomic mass is 32.2. The molecule has 0 N–H and O–H groups in total. The Bertz CT molecular complexity index is 294. The van der Waals surface area contributed by atoms with Gasteiger partial charge in [0, 0.05) is 13.0 Å². The minimum Gasteiger partial charge on any atom is -0.469 e. The number of esters is 1. The highest BCUT2D eigenvalue weighted by Crippen LogP contribution is 2.37. The van der Waals surface area contributed by atoms with Crippen LogP contribution in [-0.2, 0) is 23.8 Å². The number of methoxy groups -OCH3 is 2. The van der Waals surface area contributed by atoms with Crippen molar-refractivity contribution in [1.29, 1.82) is 0 Å². The van der Waals surface area contributed by atoms with Gasteiger partial charge in [-0.2, -0.15) is 0 Å². The first-order valence-corrected chi connectivity index (χ1v) is 6.97. The number of carbonyl (C=O) groups excluding carboxylic acids is 2. The number of ether oxygens (including phenoxy) is 3. The van der Waals surface area contributed by atoms with Gasteiger partial charge in [0.2, 0.25) is 0 Å². The van der Waals surface area contributed by atoms with E-state index >= 15 is 0 Å². The maximum Gasteiger partial charge on any atom is 0.309 e. The van der Waals surface area contributed by atoms with E-state index in [4.69, 9.17) is 14.2 Å². The molecular formula is C12H20O5S. The van der Waals surface area contributed by atoms with Gasteiger partial charge < -0.3 is 14.2 Å². The van der Waals surface area contributed by atoms with E-state index in [0.29, 0.717) is 18.6 Å². The van der Waals surface area contributed by atoms with Gasteiger partial charge in [-0.05, 0) is 18.6 Å². The molecule has 0 saturated heterocycles. The lowest BCUT2D eigenvalue weighted by molar-refractivity contribution is -0.148. The molecule has 0 aromatic heterocycles. The molecule has 1 fully saturated rings. The van der Waals surface area contributed by atoms with Crippen LogP contribution in [0.5, 0.6) is 0 Å². The van der Waals surface area contributed by atoms with Gasteiger partial charge in [0.1, 0.15) is 6.79 Å². The lowest BCUT2D eigenvalue weighted by Gasteiger charge is -2.14. The van der Waals surface area contributed by atoms with Gasteiger partial charge in [-0.3, -0.25) is 9.59 Å². The second kappa shape index (κ2) is 7.76. The van der Waals surface area contributed by atoms with Crippen LogP contribution in [0.25, 0.3) is 0 Å². The quantitative estimate of drug-likeness (QED) is 0.540. The van der Waals surface area contributed by atoms with Crippen molar-refractivity contribution in [3.05, 3.63) is 0 Å². The lowest BCUT2D eigenvalue weighted by Crippen LogP contribution is -2.25. The summed E-state index contributed by atoms with van der Waals surface area (Å²) in [6, 6.07) is 0. The SMILES string of the molecule is CCSC(=O)[C@@H]1C[C@H](OCOC)C[C@H]1C(=O)OC. The standard InChI is InChI=1S/C12H20O5S/c1-4-18-12(14)10-6-8(17-7-15-2)5-9(10)11(13)16-3/h8-10H,4-7H2,1-3H3/t8-,9-,10-/m1/s1. The maximum absolute atomic E-state index is 12.0. The van der Waals surface area contributed by atoms with Crippen molar-refractivity contribution in [2.24, 2.45) is 11.8 Å². The molecule has 18 heavy (non-hydrogen) atoms. The largest absolute Gasteiger partial charge is 0.469 e. The Balaban J connectivity index is 2.65. The number of rotatable bonds is 6. The molecule has 0 aromatic rings. The van der Waals surface area contributed by atoms with Gasteiger partial charge in [0.15, 0.2) is 5.12 Å². The van der Waals surface area contributed by atoms with E-state index in [1.165, 1.54) is 18.9 Å². The molecule has 1 saturated carbocycles. The zero-order chi connectivity index (χ0) is 13.5. The van der Waals surface area contributed by atoms with E-state index < -0.39 is 0 Å². The second-order valence-electron chi connectivity index (χ2n) is 4.15. The molecule has 6 heteroatoms. The molecule has 1 rings (SSSR count). The highest BCUT2D eigenvalue weighted by Gasteiger charge is 2.43. The molecule has 5 nitrogen and oxygen atoms in total. The zero-order valence-corrected chi connectivity index (χ0v) is 11.8. The molecule has 0 aromatic carbocycles. The van der Waals surface area contributed by atoms with Crippen LogP contribution in [0.3, 0.4) is 0 Å². The summed E-state index contributed by atoms with van der Waals surface area (Å²) in [6.45, 7) is 2.10. The van der Waals surface area contributed by atoms with E-state index in [2.05, 4.69) is 0 Å². The highest BCUT2D eigenvalue weighted by molar-refractivity contribution is 8.13. The van der Waals surface area contributed by atoms with Crippen LogP contribution < -0.4 is 0 Å². The van der Waals surface area contributed by atoms with Gasteiger partial charge >= 0.3 is 5.97 Å². The molecule has 3 atom stereocenters. The van der Waals surface area contributed by atoms with Crippen molar-refractivity contribution in [1.82, 2.24) is 0 Å². The van der Waals surface area contributed by atoms with Crippen molar-refractivity contribution < 1.29 is 23.8 Å². The third-order valence-corrected chi connectivity index (χ3v) is 3.91. The monoisotopic (exact) mass is 276 g/mol. The van der Waals surface area contributed by atoms with Gasteiger partial charge in [0.05, 0.1) is 19.1 Å². The summed E-state index contributed by atoms with van der Waals surface area (Å²) in [6.07, 6.45) is 0.978. The summed E-state index contributed by atoms with van der Waals surface area (Å²) in [5, 5.41) is 0.0522. The van der Waals surface area contributed by atoms with Crippen molar-refractivity contribution in [3.63, 3.8) is 0 Å². The molecule has 0 radical (unpaired) electrons. The minimum absolute atomic E-state index is 0.0522. The van der Waals surface area contributed by atoms with Crippen LogP contribution in [0.15, 0.2) is 0 Å². The molecule has 0 aliphatic heterocycles. The fraction of sp³-hybridized carbons (Fsp3) is 0.833. The predicted molar refractivity (Wildman–Crippen MR) is 68.1 cm³/mol. The summed E-state index contributed by atoms with van der Waals surface area (Å²) in [5.41, 5.74) is 0.